The van der Waals surface area contributed by atoms with Crippen LogP contribution < -0.4 is 19.5 Å². The molecule has 0 aliphatic rings. The van der Waals surface area contributed by atoms with E-state index in [0.717, 1.165) is 22.6 Å². The molecule has 0 aromatic heterocycles. The Morgan fingerprint density at radius 1 is 1.10 bits per heavy atom. The van der Waals surface area contributed by atoms with E-state index in [2.05, 4.69) is 11.4 Å². The summed E-state index contributed by atoms with van der Waals surface area (Å²) in [6, 6.07) is 13.5. The van der Waals surface area contributed by atoms with Crippen LogP contribution >= 0.6 is 11.8 Å². The molecule has 0 aliphatic carbocycles. The monoisotopic (exact) mass is 414 g/mol. The Hall–Kier alpha value is -2.85. The van der Waals surface area contributed by atoms with Crippen molar-refractivity contribution in [3.05, 3.63) is 53.1 Å². The summed E-state index contributed by atoms with van der Waals surface area (Å²) in [7, 11) is 4.70. The van der Waals surface area contributed by atoms with Gasteiger partial charge in [0, 0.05) is 24.5 Å². The van der Waals surface area contributed by atoms with Crippen molar-refractivity contribution in [2.75, 3.05) is 33.6 Å². The van der Waals surface area contributed by atoms with Crippen molar-refractivity contribution in [1.29, 1.82) is 5.26 Å². The van der Waals surface area contributed by atoms with Gasteiger partial charge >= 0.3 is 0 Å². The molecule has 0 saturated heterocycles. The first-order chi connectivity index (χ1) is 14.1. The van der Waals surface area contributed by atoms with E-state index < -0.39 is 0 Å². The quantitative estimate of drug-likeness (QED) is 0.566. The predicted octanol–water partition coefficient (Wildman–Crippen LogP) is 3.57. The van der Waals surface area contributed by atoms with Gasteiger partial charge in [0.15, 0.2) is 11.5 Å². The van der Waals surface area contributed by atoms with Gasteiger partial charge in [-0.15, -0.1) is 0 Å². The highest BCUT2D eigenvalue weighted by atomic mass is 32.2. The van der Waals surface area contributed by atoms with Crippen LogP contribution in [-0.2, 0) is 17.0 Å². The molecule has 0 bridgehead atoms. The fourth-order valence-electron chi connectivity index (χ4n) is 2.83. The lowest BCUT2D eigenvalue weighted by molar-refractivity contribution is -0.120. The zero-order valence-corrected chi connectivity index (χ0v) is 17.8. The Kier molecular flexibility index (Phi) is 9.19. The van der Waals surface area contributed by atoms with Gasteiger partial charge in [0.2, 0.25) is 11.7 Å². The molecule has 6 nitrogen and oxygen atoms in total. The molecule has 2 aromatic rings. The van der Waals surface area contributed by atoms with Gasteiger partial charge < -0.3 is 19.5 Å². The third kappa shape index (κ3) is 6.61. The van der Waals surface area contributed by atoms with Crippen LogP contribution in [0.1, 0.15) is 23.1 Å². The molecular formula is C22H26N2O4S. The summed E-state index contributed by atoms with van der Waals surface area (Å²) in [4.78, 5) is 12.1. The van der Waals surface area contributed by atoms with Crippen LogP contribution in [0.25, 0.3) is 0 Å². The van der Waals surface area contributed by atoms with Crippen molar-refractivity contribution in [2.45, 2.75) is 18.6 Å². The standard InChI is InChI=1S/C22H26N2O4S/c1-26-19-12-16(13-20(27-2)22(19)28-3)8-9-21(25)24-10-11-29-15-18-7-5-4-6-17(18)14-23/h4-7,12-13H,8-11,15H2,1-3H3,(H,24,25). The molecule has 1 N–H and O–H groups in total. The fourth-order valence-corrected chi connectivity index (χ4v) is 3.69. The Morgan fingerprint density at radius 2 is 1.79 bits per heavy atom. The van der Waals surface area contributed by atoms with Gasteiger partial charge in [-0.25, -0.2) is 0 Å². The topological polar surface area (TPSA) is 80.6 Å². The van der Waals surface area contributed by atoms with E-state index in [1.54, 1.807) is 33.1 Å². The second-order valence-electron chi connectivity index (χ2n) is 6.21. The minimum atomic E-state index is -0.00298. The molecule has 154 valence electrons. The van der Waals surface area contributed by atoms with Gasteiger partial charge in [0.05, 0.1) is 33.0 Å². The number of carbonyl (C=O) groups excluding carboxylic acids is 1. The number of nitrogens with one attached hydrogen (secondary N) is 1. The molecule has 0 radical (unpaired) electrons. The smallest absolute Gasteiger partial charge is 0.220 e. The first-order valence-electron chi connectivity index (χ1n) is 9.24. The minimum absolute atomic E-state index is 0.00298. The predicted molar refractivity (Wildman–Crippen MR) is 115 cm³/mol. The molecule has 2 aromatic carbocycles. The van der Waals surface area contributed by atoms with E-state index in [-0.39, 0.29) is 5.91 Å². The average Bonchev–Trinajstić information content (AvgIpc) is 2.76. The van der Waals surface area contributed by atoms with E-state index >= 15 is 0 Å². The molecule has 0 saturated carbocycles. The first kappa shape index (κ1) is 22.4. The van der Waals surface area contributed by atoms with Crippen LogP contribution in [0.15, 0.2) is 36.4 Å². The lowest BCUT2D eigenvalue weighted by Gasteiger charge is -2.14. The summed E-state index contributed by atoms with van der Waals surface area (Å²) < 4.78 is 16.0. The summed E-state index contributed by atoms with van der Waals surface area (Å²) in [5.41, 5.74) is 2.67. The summed E-state index contributed by atoms with van der Waals surface area (Å²) in [6.07, 6.45) is 0.950. The largest absolute Gasteiger partial charge is 0.493 e. The van der Waals surface area contributed by atoms with Gasteiger partial charge in [-0.2, -0.15) is 17.0 Å². The summed E-state index contributed by atoms with van der Waals surface area (Å²) in [5.74, 6) is 3.24. The number of carbonyl (C=O) groups is 1. The van der Waals surface area contributed by atoms with Gasteiger partial charge in [-0.1, -0.05) is 18.2 Å². The number of thioether (sulfide) groups is 1. The van der Waals surface area contributed by atoms with Gasteiger partial charge in [-0.3, -0.25) is 4.79 Å². The summed E-state index contributed by atoms with van der Waals surface area (Å²) in [5, 5.41) is 12.0. The normalized spacial score (nSPS) is 10.1. The van der Waals surface area contributed by atoms with Crippen LogP contribution in [0.5, 0.6) is 17.2 Å². The maximum absolute atomic E-state index is 12.1. The molecule has 7 heteroatoms. The van der Waals surface area contributed by atoms with Crippen LogP contribution in [0.2, 0.25) is 0 Å². The number of benzene rings is 2. The third-order valence-electron chi connectivity index (χ3n) is 4.33. The highest BCUT2D eigenvalue weighted by Crippen LogP contribution is 2.38. The number of nitrogens with zero attached hydrogens (tertiary/aromatic N) is 1. The van der Waals surface area contributed by atoms with Crippen LogP contribution in [0, 0.1) is 11.3 Å². The summed E-state index contributed by atoms with van der Waals surface area (Å²) >= 11 is 1.69. The molecule has 1 amide bonds. The molecule has 0 spiro atoms. The highest BCUT2D eigenvalue weighted by molar-refractivity contribution is 7.98. The van der Waals surface area contributed by atoms with E-state index in [4.69, 9.17) is 19.5 Å². The number of nitriles is 1. The fraction of sp³-hybridized carbons (Fsp3) is 0.364. The van der Waals surface area contributed by atoms with Gasteiger partial charge in [0.1, 0.15) is 0 Å². The number of methoxy groups -OCH3 is 3. The third-order valence-corrected chi connectivity index (χ3v) is 5.34. The average molecular weight is 415 g/mol. The molecule has 2 rings (SSSR count). The Morgan fingerprint density at radius 3 is 2.41 bits per heavy atom. The maximum Gasteiger partial charge on any atom is 0.220 e. The summed E-state index contributed by atoms with van der Waals surface area (Å²) in [6.45, 7) is 0.591. The maximum atomic E-state index is 12.1. The highest BCUT2D eigenvalue weighted by Gasteiger charge is 2.13. The number of ether oxygens (including phenoxy) is 3. The second-order valence-corrected chi connectivity index (χ2v) is 7.31. The molecule has 0 unspecified atom stereocenters. The van der Waals surface area contributed by atoms with Crippen molar-refractivity contribution in [1.82, 2.24) is 5.32 Å². The van der Waals surface area contributed by atoms with Crippen molar-refractivity contribution < 1.29 is 19.0 Å². The number of aryl methyl sites for hydroxylation is 1. The zero-order valence-electron chi connectivity index (χ0n) is 17.0. The first-order valence-corrected chi connectivity index (χ1v) is 10.4. The second kappa shape index (κ2) is 11.9. The Balaban J connectivity index is 1.75. The Labute approximate surface area is 176 Å². The van der Waals surface area contributed by atoms with E-state index in [1.807, 2.05) is 36.4 Å². The van der Waals surface area contributed by atoms with Gasteiger partial charge in [-0.05, 0) is 35.7 Å². The molecule has 0 atom stereocenters. The van der Waals surface area contributed by atoms with Crippen LogP contribution in [-0.4, -0.2) is 39.5 Å². The lowest BCUT2D eigenvalue weighted by Crippen LogP contribution is -2.25. The van der Waals surface area contributed by atoms with E-state index in [1.165, 1.54) is 0 Å². The SMILES string of the molecule is COc1cc(CCC(=O)NCCSCc2ccccc2C#N)cc(OC)c1OC. The van der Waals surface area contributed by atoms with E-state index in [0.29, 0.717) is 42.2 Å². The minimum Gasteiger partial charge on any atom is -0.493 e. The number of hydrogen-bond acceptors (Lipinski definition) is 6. The van der Waals surface area contributed by atoms with E-state index in [9.17, 15) is 4.79 Å². The van der Waals surface area contributed by atoms with Gasteiger partial charge in [0.25, 0.3) is 0 Å². The molecule has 29 heavy (non-hydrogen) atoms. The van der Waals surface area contributed by atoms with Crippen LogP contribution in [0.4, 0.5) is 0 Å². The molecule has 0 aliphatic heterocycles. The molecule has 0 fully saturated rings. The Bertz CT molecular complexity index is 839. The van der Waals surface area contributed by atoms with Crippen molar-refractivity contribution in [2.24, 2.45) is 0 Å². The number of amides is 1. The lowest BCUT2D eigenvalue weighted by atomic mass is 10.1. The molecular weight excluding hydrogens is 388 g/mol. The van der Waals surface area contributed by atoms with Crippen molar-refractivity contribution in [3.8, 4) is 23.3 Å². The number of hydrogen-bond donors (Lipinski definition) is 1. The zero-order chi connectivity index (χ0) is 21.1. The van der Waals surface area contributed by atoms with Crippen molar-refractivity contribution >= 4 is 17.7 Å². The van der Waals surface area contributed by atoms with Crippen molar-refractivity contribution in [3.63, 3.8) is 0 Å². The van der Waals surface area contributed by atoms with Crippen LogP contribution in [0.3, 0.4) is 0 Å². The number of rotatable bonds is 11. The molecule has 0 heterocycles.